The van der Waals surface area contributed by atoms with Crippen LogP contribution in [0.3, 0.4) is 0 Å². The predicted octanol–water partition coefficient (Wildman–Crippen LogP) is 3.04. The average Bonchev–Trinajstić information content (AvgIpc) is 2.79. The second-order valence-electron chi connectivity index (χ2n) is 3.61. The molecule has 1 atom stereocenters. The summed E-state index contributed by atoms with van der Waals surface area (Å²) in [7, 11) is 1.80. The Labute approximate surface area is 99.1 Å². The number of nitrogens with one attached hydrogen (secondary N) is 1. The normalized spacial score (nSPS) is 16.8. The lowest BCUT2D eigenvalue weighted by molar-refractivity contribution is 0.218. The van der Waals surface area contributed by atoms with Crippen molar-refractivity contribution in [2.24, 2.45) is 0 Å². The van der Waals surface area contributed by atoms with Crippen LogP contribution in [0.2, 0.25) is 5.02 Å². The topological polar surface area (TPSA) is 21.3 Å². The molecule has 0 bridgehead atoms. The van der Waals surface area contributed by atoms with E-state index >= 15 is 0 Å². The van der Waals surface area contributed by atoms with E-state index in [1.807, 2.05) is 6.08 Å². The van der Waals surface area contributed by atoms with E-state index in [4.69, 9.17) is 16.3 Å². The monoisotopic (exact) mass is 241 g/mol. The smallest absolute Gasteiger partial charge is 0.142 e. The maximum Gasteiger partial charge on any atom is 0.142 e. The highest BCUT2D eigenvalue weighted by Crippen LogP contribution is 2.32. The molecule has 0 amide bonds. The molecule has 1 N–H and O–H groups in total. The Kier molecular flexibility index (Phi) is 3.46. The van der Waals surface area contributed by atoms with Gasteiger partial charge in [0.1, 0.15) is 11.6 Å². The molecular weight excluding hydrogens is 229 g/mol. The lowest BCUT2D eigenvalue weighted by Crippen LogP contribution is -2.19. The molecule has 0 radical (unpaired) electrons. The van der Waals surface area contributed by atoms with Crippen LogP contribution >= 0.6 is 11.6 Å². The highest BCUT2D eigenvalue weighted by molar-refractivity contribution is 6.31. The van der Waals surface area contributed by atoms with Crippen molar-refractivity contribution < 1.29 is 9.13 Å². The number of hydrogen-bond donors (Lipinski definition) is 1. The van der Waals surface area contributed by atoms with Gasteiger partial charge in [0, 0.05) is 6.42 Å². The van der Waals surface area contributed by atoms with Gasteiger partial charge < -0.3 is 10.1 Å². The van der Waals surface area contributed by atoms with Gasteiger partial charge in [0.05, 0.1) is 17.7 Å². The minimum Gasteiger partial charge on any atom is -0.496 e. The standard InChI is InChI=1S/C12H13ClFNO/c1-15-12(10-6-3-7-16-10)8-4-2-5-9(14)11(8)13/h2,4-6,12,15H,3,7H2,1H3. The van der Waals surface area contributed by atoms with Crippen molar-refractivity contribution in [3.8, 4) is 0 Å². The van der Waals surface area contributed by atoms with Gasteiger partial charge in [-0.25, -0.2) is 4.39 Å². The molecule has 1 unspecified atom stereocenters. The van der Waals surface area contributed by atoms with Crippen LogP contribution in [0.5, 0.6) is 0 Å². The molecule has 86 valence electrons. The summed E-state index contributed by atoms with van der Waals surface area (Å²) < 4.78 is 18.8. The second-order valence-corrected chi connectivity index (χ2v) is 3.99. The quantitative estimate of drug-likeness (QED) is 0.878. The molecule has 0 fully saturated rings. The maximum atomic E-state index is 13.3. The van der Waals surface area contributed by atoms with Gasteiger partial charge in [0.15, 0.2) is 0 Å². The highest BCUT2D eigenvalue weighted by Gasteiger charge is 2.22. The van der Waals surface area contributed by atoms with E-state index in [0.717, 1.165) is 12.2 Å². The van der Waals surface area contributed by atoms with Crippen molar-refractivity contribution in [1.29, 1.82) is 0 Å². The van der Waals surface area contributed by atoms with Crippen LogP contribution < -0.4 is 5.32 Å². The molecule has 0 saturated carbocycles. The lowest BCUT2D eigenvalue weighted by Gasteiger charge is -2.19. The van der Waals surface area contributed by atoms with Gasteiger partial charge >= 0.3 is 0 Å². The Morgan fingerprint density at radius 2 is 2.31 bits per heavy atom. The van der Waals surface area contributed by atoms with Crippen molar-refractivity contribution in [1.82, 2.24) is 5.32 Å². The largest absolute Gasteiger partial charge is 0.496 e. The van der Waals surface area contributed by atoms with E-state index in [1.54, 1.807) is 19.2 Å². The van der Waals surface area contributed by atoms with Crippen LogP contribution in [0.15, 0.2) is 30.0 Å². The molecule has 0 aliphatic carbocycles. The molecule has 1 aromatic carbocycles. The molecule has 4 heteroatoms. The molecule has 1 aliphatic rings. The Hall–Kier alpha value is -1.06. The van der Waals surface area contributed by atoms with E-state index in [2.05, 4.69) is 5.32 Å². The summed E-state index contributed by atoms with van der Waals surface area (Å²) in [5, 5.41) is 3.24. The van der Waals surface area contributed by atoms with Gasteiger partial charge in [-0.2, -0.15) is 0 Å². The summed E-state index contributed by atoms with van der Waals surface area (Å²) in [6.45, 7) is 0.681. The fraction of sp³-hybridized carbons (Fsp3) is 0.333. The molecule has 0 saturated heterocycles. The van der Waals surface area contributed by atoms with Gasteiger partial charge in [0.25, 0.3) is 0 Å². The van der Waals surface area contributed by atoms with Crippen LogP contribution in [0.4, 0.5) is 4.39 Å². The molecule has 1 aliphatic heterocycles. The third-order valence-electron chi connectivity index (χ3n) is 2.60. The zero-order valence-electron chi connectivity index (χ0n) is 8.97. The molecule has 2 nitrogen and oxygen atoms in total. The van der Waals surface area contributed by atoms with Gasteiger partial charge in [-0.3, -0.25) is 0 Å². The number of ether oxygens (including phenoxy) is 1. The molecule has 0 spiro atoms. The van der Waals surface area contributed by atoms with Crippen molar-refractivity contribution in [3.05, 3.63) is 46.4 Å². The van der Waals surface area contributed by atoms with Crippen molar-refractivity contribution in [2.45, 2.75) is 12.5 Å². The minimum absolute atomic E-state index is 0.151. The van der Waals surface area contributed by atoms with E-state index < -0.39 is 5.82 Å². The summed E-state index contributed by atoms with van der Waals surface area (Å²) in [5.41, 5.74) is 0.706. The number of halogens is 2. The number of likely N-dealkylation sites (N-methyl/N-ethyl adjacent to an activating group) is 1. The zero-order chi connectivity index (χ0) is 11.5. The highest BCUT2D eigenvalue weighted by atomic mass is 35.5. The number of hydrogen-bond acceptors (Lipinski definition) is 2. The molecule has 16 heavy (non-hydrogen) atoms. The van der Waals surface area contributed by atoms with E-state index in [0.29, 0.717) is 12.2 Å². The SMILES string of the molecule is CNC(C1=CCCO1)c1cccc(F)c1Cl. The van der Waals surface area contributed by atoms with Gasteiger partial charge in [0.2, 0.25) is 0 Å². The van der Waals surface area contributed by atoms with Crippen molar-refractivity contribution in [2.75, 3.05) is 13.7 Å². The fourth-order valence-corrected chi connectivity index (χ4v) is 2.07. The Morgan fingerprint density at radius 1 is 1.50 bits per heavy atom. The van der Waals surface area contributed by atoms with E-state index in [-0.39, 0.29) is 11.1 Å². The summed E-state index contributed by atoms with van der Waals surface area (Å²) in [4.78, 5) is 0. The lowest BCUT2D eigenvalue weighted by atomic mass is 10.0. The van der Waals surface area contributed by atoms with E-state index in [9.17, 15) is 4.39 Å². The molecular formula is C12H13ClFNO. The Bertz CT molecular complexity index is 419. The first kappa shape index (κ1) is 11.4. The van der Waals surface area contributed by atoms with Gasteiger partial charge in [-0.05, 0) is 24.8 Å². The van der Waals surface area contributed by atoms with Crippen LogP contribution in [-0.2, 0) is 4.74 Å². The van der Waals surface area contributed by atoms with Crippen molar-refractivity contribution in [3.63, 3.8) is 0 Å². The summed E-state index contributed by atoms with van der Waals surface area (Å²) in [5.74, 6) is 0.410. The average molecular weight is 242 g/mol. The van der Waals surface area contributed by atoms with Crippen molar-refractivity contribution >= 4 is 11.6 Å². The number of benzene rings is 1. The predicted molar refractivity (Wildman–Crippen MR) is 61.9 cm³/mol. The minimum atomic E-state index is -0.405. The van der Waals surface area contributed by atoms with E-state index in [1.165, 1.54) is 6.07 Å². The first-order valence-corrected chi connectivity index (χ1v) is 5.56. The molecule has 0 aromatic heterocycles. The third kappa shape index (κ3) is 2.06. The Morgan fingerprint density at radius 3 is 2.94 bits per heavy atom. The molecule has 2 rings (SSSR count). The number of rotatable bonds is 3. The van der Waals surface area contributed by atoms with Gasteiger partial charge in [-0.15, -0.1) is 0 Å². The zero-order valence-corrected chi connectivity index (χ0v) is 9.72. The molecule has 1 heterocycles. The summed E-state index contributed by atoms with van der Waals surface area (Å²) in [6, 6.07) is 4.62. The first-order valence-electron chi connectivity index (χ1n) is 5.18. The second kappa shape index (κ2) is 4.85. The van der Waals surface area contributed by atoms with Gasteiger partial charge in [-0.1, -0.05) is 23.7 Å². The first-order chi connectivity index (χ1) is 7.74. The fourth-order valence-electron chi connectivity index (χ4n) is 1.83. The van der Waals surface area contributed by atoms with Crippen LogP contribution in [0.25, 0.3) is 0 Å². The van der Waals surface area contributed by atoms with Crippen LogP contribution in [0.1, 0.15) is 18.0 Å². The Balaban J connectivity index is 2.36. The van der Waals surface area contributed by atoms with Crippen LogP contribution in [-0.4, -0.2) is 13.7 Å². The maximum absolute atomic E-state index is 13.3. The third-order valence-corrected chi connectivity index (χ3v) is 3.00. The molecule has 1 aromatic rings. The van der Waals surface area contributed by atoms with Crippen LogP contribution in [0, 0.1) is 5.82 Å². The summed E-state index contributed by atoms with van der Waals surface area (Å²) in [6.07, 6.45) is 2.89. The summed E-state index contributed by atoms with van der Waals surface area (Å²) >= 11 is 5.95.